The summed E-state index contributed by atoms with van der Waals surface area (Å²) in [6.45, 7) is 7.63. The standard InChI is InChI=1S/C20H22N8/c1-3-28-25-20(23-26-28)14-5-6-16-13(2)9-18(22-17(16)10-14)19-11-15-12-21-7-4-8-27(15)24-19/h5-6,9-11,21H,3-4,7-8,12H2,1-2H3. The van der Waals surface area contributed by atoms with Gasteiger partial charge in [0.15, 0.2) is 0 Å². The molecule has 3 aromatic heterocycles. The van der Waals surface area contributed by atoms with Gasteiger partial charge >= 0.3 is 0 Å². The summed E-state index contributed by atoms with van der Waals surface area (Å²) in [5.41, 5.74) is 6.04. The quantitative estimate of drug-likeness (QED) is 0.593. The highest BCUT2D eigenvalue weighted by molar-refractivity contribution is 5.87. The molecule has 0 saturated heterocycles. The molecular weight excluding hydrogens is 352 g/mol. The molecule has 0 saturated carbocycles. The Balaban J connectivity index is 1.58. The fourth-order valence-corrected chi connectivity index (χ4v) is 3.65. The zero-order valence-corrected chi connectivity index (χ0v) is 16.1. The van der Waals surface area contributed by atoms with Gasteiger partial charge in [0.1, 0.15) is 5.69 Å². The monoisotopic (exact) mass is 374 g/mol. The first kappa shape index (κ1) is 17.0. The molecule has 0 spiro atoms. The zero-order chi connectivity index (χ0) is 19.1. The molecule has 8 heteroatoms. The van der Waals surface area contributed by atoms with Crippen molar-refractivity contribution in [1.82, 2.24) is 40.3 Å². The van der Waals surface area contributed by atoms with Crippen molar-refractivity contribution >= 4 is 10.9 Å². The van der Waals surface area contributed by atoms with Crippen molar-refractivity contribution in [2.45, 2.75) is 39.9 Å². The van der Waals surface area contributed by atoms with Gasteiger partial charge in [-0.1, -0.05) is 12.1 Å². The van der Waals surface area contributed by atoms with Crippen LogP contribution in [0.4, 0.5) is 0 Å². The molecular formula is C20H22N8. The summed E-state index contributed by atoms with van der Waals surface area (Å²) < 4.78 is 2.10. The number of benzene rings is 1. The Labute approximate surface area is 162 Å². The van der Waals surface area contributed by atoms with Crippen molar-refractivity contribution in [1.29, 1.82) is 0 Å². The van der Waals surface area contributed by atoms with Crippen LogP contribution in [0.1, 0.15) is 24.6 Å². The second-order valence-corrected chi connectivity index (χ2v) is 7.13. The lowest BCUT2D eigenvalue weighted by Gasteiger charge is -2.06. The highest BCUT2D eigenvalue weighted by atomic mass is 15.6. The smallest absolute Gasteiger partial charge is 0.204 e. The number of nitrogens with zero attached hydrogens (tertiary/aromatic N) is 7. The van der Waals surface area contributed by atoms with Gasteiger partial charge in [0.2, 0.25) is 5.82 Å². The molecule has 0 bridgehead atoms. The second kappa shape index (κ2) is 6.79. The maximum Gasteiger partial charge on any atom is 0.204 e. The Morgan fingerprint density at radius 3 is 2.89 bits per heavy atom. The van der Waals surface area contributed by atoms with E-state index in [0.717, 1.165) is 53.9 Å². The zero-order valence-electron chi connectivity index (χ0n) is 16.1. The van der Waals surface area contributed by atoms with Gasteiger partial charge in [-0.25, -0.2) is 4.98 Å². The molecule has 0 amide bonds. The van der Waals surface area contributed by atoms with Crippen LogP contribution in [0.15, 0.2) is 30.3 Å². The summed E-state index contributed by atoms with van der Waals surface area (Å²) in [5, 5.41) is 22.0. The molecule has 142 valence electrons. The van der Waals surface area contributed by atoms with Crippen molar-refractivity contribution in [2.24, 2.45) is 0 Å². The van der Waals surface area contributed by atoms with Gasteiger partial charge in [-0.05, 0) is 55.8 Å². The summed E-state index contributed by atoms with van der Waals surface area (Å²) in [7, 11) is 0. The second-order valence-electron chi connectivity index (χ2n) is 7.13. The SMILES string of the molecule is CCn1nnc(-c2ccc3c(C)cc(-c4cc5n(n4)CCCNC5)nc3c2)n1. The van der Waals surface area contributed by atoms with E-state index in [4.69, 9.17) is 10.1 Å². The number of rotatable bonds is 3. The van der Waals surface area contributed by atoms with E-state index in [9.17, 15) is 0 Å². The van der Waals surface area contributed by atoms with Gasteiger partial charge < -0.3 is 5.32 Å². The van der Waals surface area contributed by atoms with Gasteiger partial charge in [0, 0.05) is 24.0 Å². The van der Waals surface area contributed by atoms with Crippen LogP contribution in [0.25, 0.3) is 33.7 Å². The molecule has 0 aliphatic carbocycles. The Hall–Kier alpha value is -3.13. The topological polar surface area (TPSA) is 86.3 Å². The number of aromatic nitrogens is 7. The molecule has 1 aliphatic heterocycles. The largest absolute Gasteiger partial charge is 0.311 e. The van der Waals surface area contributed by atoms with Crippen molar-refractivity contribution in [3.05, 3.63) is 41.6 Å². The minimum atomic E-state index is 0.619. The minimum Gasteiger partial charge on any atom is -0.311 e. The van der Waals surface area contributed by atoms with Crippen LogP contribution < -0.4 is 5.32 Å². The van der Waals surface area contributed by atoms with E-state index in [0.29, 0.717) is 12.4 Å². The number of pyridine rings is 1. The third kappa shape index (κ3) is 2.95. The number of nitrogens with one attached hydrogen (secondary N) is 1. The average Bonchev–Trinajstić information content (AvgIpc) is 3.30. The lowest BCUT2D eigenvalue weighted by molar-refractivity contribution is 0.553. The van der Waals surface area contributed by atoms with Crippen molar-refractivity contribution in [3.8, 4) is 22.8 Å². The van der Waals surface area contributed by atoms with Crippen LogP contribution in [0.2, 0.25) is 0 Å². The highest BCUT2D eigenvalue weighted by Gasteiger charge is 2.15. The molecule has 1 aliphatic rings. The van der Waals surface area contributed by atoms with Crippen LogP contribution in [-0.2, 0) is 19.6 Å². The van der Waals surface area contributed by atoms with E-state index in [2.05, 4.69) is 50.5 Å². The average molecular weight is 374 g/mol. The molecule has 0 fully saturated rings. The molecule has 8 nitrogen and oxygen atoms in total. The maximum atomic E-state index is 4.91. The third-order valence-corrected chi connectivity index (χ3v) is 5.17. The van der Waals surface area contributed by atoms with Gasteiger partial charge in [-0.2, -0.15) is 9.90 Å². The highest BCUT2D eigenvalue weighted by Crippen LogP contribution is 2.27. The van der Waals surface area contributed by atoms with Crippen molar-refractivity contribution in [2.75, 3.05) is 6.54 Å². The first-order valence-electron chi connectivity index (χ1n) is 9.68. The van der Waals surface area contributed by atoms with Gasteiger partial charge in [-0.15, -0.1) is 10.2 Å². The molecule has 5 rings (SSSR count). The van der Waals surface area contributed by atoms with Gasteiger partial charge in [0.05, 0.1) is 23.4 Å². The van der Waals surface area contributed by atoms with E-state index in [-0.39, 0.29) is 0 Å². The fourth-order valence-electron chi connectivity index (χ4n) is 3.65. The predicted molar refractivity (Wildman–Crippen MR) is 107 cm³/mol. The van der Waals surface area contributed by atoms with Crippen LogP contribution in [0, 0.1) is 6.92 Å². The molecule has 28 heavy (non-hydrogen) atoms. The summed E-state index contributed by atoms with van der Waals surface area (Å²) in [5.74, 6) is 0.619. The molecule has 1 N–H and O–H groups in total. The summed E-state index contributed by atoms with van der Waals surface area (Å²) in [6.07, 6.45) is 1.09. The maximum absolute atomic E-state index is 4.91. The first-order valence-corrected chi connectivity index (χ1v) is 9.68. The summed E-state index contributed by atoms with van der Waals surface area (Å²) in [4.78, 5) is 6.49. The summed E-state index contributed by atoms with van der Waals surface area (Å²) in [6, 6.07) is 10.4. The van der Waals surface area contributed by atoms with Crippen LogP contribution >= 0.6 is 0 Å². The van der Waals surface area contributed by atoms with Gasteiger partial charge in [-0.3, -0.25) is 4.68 Å². The molecule has 0 atom stereocenters. The predicted octanol–water partition coefficient (Wildman–Crippen LogP) is 2.57. The van der Waals surface area contributed by atoms with Crippen LogP contribution in [-0.4, -0.2) is 41.5 Å². The van der Waals surface area contributed by atoms with E-state index in [1.165, 1.54) is 11.3 Å². The number of tetrazole rings is 1. The Morgan fingerprint density at radius 1 is 1.11 bits per heavy atom. The number of hydrogen-bond acceptors (Lipinski definition) is 6. The molecule has 4 heterocycles. The third-order valence-electron chi connectivity index (χ3n) is 5.17. The number of aryl methyl sites for hydroxylation is 3. The molecule has 4 aromatic rings. The van der Waals surface area contributed by atoms with Gasteiger partial charge in [0.25, 0.3) is 0 Å². The normalized spacial score (nSPS) is 14.2. The van der Waals surface area contributed by atoms with Crippen molar-refractivity contribution in [3.63, 3.8) is 0 Å². The lowest BCUT2D eigenvalue weighted by atomic mass is 10.1. The lowest BCUT2D eigenvalue weighted by Crippen LogP contribution is -2.11. The Bertz CT molecular complexity index is 1130. The van der Waals surface area contributed by atoms with Crippen molar-refractivity contribution < 1.29 is 0 Å². The van der Waals surface area contributed by atoms with E-state index in [1.54, 1.807) is 4.80 Å². The summed E-state index contributed by atoms with van der Waals surface area (Å²) >= 11 is 0. The fraction of sp³-hybridized carbons (Fsp3) is 0.350. The minimum absolute atomic E-state index is 0.619. The molecule has 0 unspecified atom stereocenters. The number of fused-ring (bicyclic) bond motifs is 2. The van der Waals surface area contributed by atoms with Crippen LogP contribution in [0.3, 0.4) is 0 Å². The van der Waals surface area contributed by atoms with E-state index >= 15 is 0 Å². The van der Waals surface area contributed by atoms with E-state index in [1.807, 2.05) is 19.1 Å². The first-order chi connectivity index (χ1) is 13.7. The number of hydrogen-bond donors (Lipinski definition) is 1. The molecule has 1 aromatic carbocycles. The van der Waals surface area contributed by atoms with E-state index < -0.39 is 0 Å². The van der Waals surface area contributed by atoms with Crippen LogP contribution in [0.5, 0.6) is 0 Å². The molecule has 0 radical (unpaired) electrons. The Kier molecular flexibility index (Phi) is 4.12. The Morgan fingerprint density at radius 2 is 2.04 bits per heavy atom.